The van der Waals surface area contributed by atoms with Crippen LogP contribution in [0.2, 0.25) is 0 Å². The highest BCUT2D eigenvalue weighted by Gasteiger charge is 2.14. The first-order valence-corrected chi connectivity index (χ1v) is 5.62. The molecular formula is C12H10F2N4O2. The predicted molar refractivity (Wildman–Crippen MR) is 64.9 cm³/mol. The molecule has 0 aliphatic heterocycles. The SMILES string of the molecule is Cc1nc(CNC(=O)c2ncc(F)cc2F)cc(=O)[nH]1. The molecule has 0 spiro atoms. The Kier molecular flexibility index (Phi) is 3.83. The third-order valence-electron chi connectivity index (χ3n) is 2.37. The number of aryl methyl sites for hydroxylation is 1. The van der Waals surface area contributed by atoms with Crippen molar-refractivity contribution in [2.24, 2.45) is 0 Å². The Morgan fingerprint density at radius 1 is 1.40 bits per heavy atom. The van der Waals surface area contributed by atoms with Gasteiger partial charge in [-0.3, -0.25) is 9.59 Å². The minimum Gasteiger partial charge on any atom is -0.345 e. The fourth-order valence-electron chi connectivity index (χ4n) is 1.57. The fourth-order valence-corrected chi connectivity index (χ4v) is 1.57. The number of hydrogen-bond acceptors (Lipinski definition) is 4. The Labute approximate surface area is 111 Å². The molecule has 104 valence electrons. The lowest BCUT2D eigenvalue weighted by atomic mass is 10.3. The summed E-state index contributed by atoms with van der Waals surface area (Å²) in [7, 11) is 0. The van der Waals surface area contributed by atoms with Crippen LogP contribution in [-0.2, 0) is 6.54 Å². The molecular weight excluding hydrogens is 270 g/mol. The number of H-pyrrole nitrogens is 1. The van der Waals surface area contributed by atoms with E-state index in [0.29, 0.717) is 17.6 Å². The van der Waals surface area contributed by atoms with E-state index in [2.05, 4.69) is 20.3 Å². The number of hydrogen-bond donors (Lipinski definition) is 2. The number of rotatable bonds is 3. The minimum absolute atomic E-state index is 0.0674. The largest absolute Gasteiger partial charge is 0.345 e. The molecule has 0 fully saturated rings. The van der Waals surface area contributed by atoms with E-state index in [4.69, 9.17) is 0 Å². The summed E-state index contributed by atoms with van der Waals surface area (Å²) >= 11 is 0. The Hall–Kier alpha value is -2.64. The van der Waals surface area contributed by atoms with Crippen molar-refractivity contribution in [3.63, 3.8) is 0 Å². The molecule has 2 rings (SSSR count). The number of aromatic amines is 1. The quantitative estimate of drug-likeness (QED) is 0.865. The van der Waals surface area contributed by atoms with E-state index in [9.17, 15) is 18.4 Å². The molecule has 0 aromatic carbocycles. The van der Waals surface area contributed by atoms with Gasteiger partial charge >= 0.3 is 0 Å². The van der Waals surface area contributed by atoms with Crippen LogP contribution in [0.4, 0.5) is 8.78 Å². The third kappa shape index (κ3) is 3.22. The normalized spacial score (nSPS) is 10.3. The van der Waals surface area contributed by atoms with Crippen molar-refractivity contribution in [2.45, 2.75) is 13.5 Å². The first kappa shape index (κ1) is 13.8. The zero-order valence-electron chi connectivity index (χ0n) is 10.4. The number of carbonyl (C=O) groups is 1. The maximum absolute atomic E-state index is 13.3. The molecule has 0 radical (unpaired) electrons. The number of nitrogens with one attached hydrogen (secondary N) is 2. The molecule has 2 N–H and O–H groups in total. The maximum Gasteiger partial charge on any atom is 0.273 e. The zero-order chi connectivity index (χ0) is 14.7. The van der Waals surface area contributed by atoms with Gasteiger partial charge < -0.3 is 10.3 Å². The van der Waals surface area contributed by atoms with Gasteiger partial charge in [-0.25, -0.2) is 18.7 Å². The van der Waals surface area contributed by atoms with Gasteiger partial charge in [0.05, 0.1) is 18.4 Å². The molecule has 1 amide bonds. The molecule has 0 aliphatic carbocycles. The highest BCUT2D eigenvalue weighted by molar-refractivity contribution is 5.92. The van der Waals surface area contributed by atoms with E-state index in [-0.39, 0.29) is 12.1 Å². The number of pyridine rings is 1. The van der Waals surface area contributed by atoms with Gasteiger partial charge in [-0.1, -0.05) is 0 Å². The number of nitrogens with zero attached hydrogens (tertiary/aromatic N) is 2. The topological polar surface area (TPSA) is 87.7 Å². The number of amides is 1. The van der Waals surface area contributed by atoms with Crippen molar-refractivity contribution < 1.29 is 13.6 Å². The van der Waals surface area contributed by atoms with Gasteiger partial charge in [0.2, 0.25) is 0 Å². The van der Waals surface area contributed by atoms with Gasteiger partial charge in [-0.05, 0) is 6.92 Å². The van der Waals surface area contributed by atoms with Crippen LogP contribution in [0, 0.1) is 18.6 Å². The highest BCUT2D eigenvalue weighted by atomic mass is 19.1. The molecule has 2 heterocycles. The van der Waals surface area contributed by atoms with Crippen molar-refractivity contribution in [3.8, 4) is 0 Å². The molecule has 0 atom stereocenters. The highest BCUT2D eigenvalue weighted by Crippen LogP contribution is 2.06. The summed E-state index contributed by atoms with van der Waals surface area (Å²) in [4.78, 5) is 32.7. The van der Waals surface area contributed by atoms with E-state index >= 15 is 0 Å². The van der Waals surface area contributed by atoms with Crippen molar-refractivity contribution in [3.05, 3.63) is 57.5 Å². The lowest BCUT2D eigenvalue weighted by Crippen LogP contribution is -2.26. The second kappa shape index (κ2) is 5.55. The van der Waals surface area contributed by atoms with E-state index in [1.807, 2.05) is 0 Å². The first-order valence-electron chi connectivity index (χ1n) is 5.62. The second-order valence-corrected chi connectivity index (χ2v) is 3.99. The van der Waals surface area contributed by atoms with Gasteiger partial charge in [0.1, 0.15) is 11.6 Å². The van der Waals surface area contributed by atoms with Gasteiger partial charge in [0.25, 0.3) is 11.5 Å². The molecule has 6 nitrogen and oxygen atoms in total. The van der Waals surface area contributed by atoms with E-state index < -0.39 is 23.2 Å². The molecule has 2 aromatic rings. The summed E-state index contributed by atoms with van der Waals surface area (Å²) in [6.45, 7) is 1.52. The molecule has 0 aliphatic rings. The molecule has 2 aromatic heterocycles. The standard InChI is InChI=1S/C12H10F2N4O2/c1-6-17-8(3-10(19)18-6)5-16-12(20)11-9(14)2-7(13)4-15-11/h2-4H,5H2,1H3,(H,16,20)(H,17,18,19). The molecule has 8 heteroatoms. The summed E-state index contributed by atoms with van der Waals surface area (Å²) in [5, 5.41) is 2.35. The minimum atomic E-state index is -1.06. The van der Waals surface area contributed by atoms with Gasteiger partial charge in [-0.2, -0.15) is 0 Å². The molecule has 0 unspecified atom stereocenters. The number of aromatic nitrogens is 3. The van der Waals surface area contributed by atoms with Crippen LogP contribution in [0.3, 0.4) is 0 Å². The van der Waals surface area contributed by atoms with Gasteiger partial charge in [-0.15, -0.1) is 0 Å². The fraction of sp³-hybridized carbons (Fsp3) is 0.167. The monoisotopic (exact) mass is 280 g/mol. The maximum atomic E-state index is 13.3. The number of halogens is 2. The van der Waals surface area contributed by atoms with E-state index in [1.54, 1.807) is 6.92 Å². The van der Waals surface area contributed by atoms with E-state index in [0.717, 1.165) is 6.20 Å². The van der Waals surface area contributed by atoms with Crippen LogP contribution in [-0.4, -0.2) is 20.9 Å². The van der Waals surface area contributed by atoms with Crippen LogP contribution in [0.15, 0.2) is 23.1 Å². The van der Waals surface area contributed by atoms with E-state index in [1.165, 1.54) is 6.07 Å². The molecule has 0 bridgehead atoms. The molecule has 20 heavy (non-hydrogen) atoms. The lowest BCUT2D eigenvalue weighted by Gasteiger charge is -2.05. The van der Waals surface area contributed by atoms with Crippen LogP contribution < -0.4 is 10.9 Å². The van der Waals surface area contributed by atoms with Crippen molar-refractivity contribution in [1.29, 1.82) is 0 Å². The molecule has 0 saturated heterocycles. The van der Waals surface area contributed by atoms with Crippen LogP contribution >= 0.6 is 0 Å². The Morgan fingerprint density at radius 2 is 2.15 bits per heavy atom. The lowest BCUT2D eigenvalue weighted by molar-refractivity contribution is 0.0940. The Morgan fingerprint density at radius 3 is 2.80 bits per heavy atom. The summed E-state index contributed by atoms with van der Waals surface area (Å²) in [5.74, 6) is -2.35. The van der Waals surface area contributed by atoms with Crippen LogP contribution in [0.5, 0.6) is 0 Å². The predicted octanol–water partition coefficient (Wildman–Crippen LogP) is 0.682. The first-order chi connectivity index (χ1) is 9.45. The summed E-state index contributed by atoms with van der Waals surface area (Å²) < 4.78 is 26.0. The summed E-state index contributed by atoms with van der Waals surface area (Å²) in [5.41, 5.74) is -0.553. The second-order valence-electron chi connectivity index (χ2n) is 3.99. The summed E-state index contributed by atoms with van der Waals surface area (Å²) in [6, 6.07) is 1.78. The third-order valence-corrected chi connectivity index (χ3v) is 2.37. The van der Waals surface area contributed by atoms with Crippen LogP contribution in [0.1, 0.15) is 22.0 Å². The van der Waals surface area contributed by atoms with Crippen molar-refractivity contribution >= 4 is 5.91 Å². The Balaban J connectivity index is 2.10. The van der Waals surface area contributed by atoms with Gasteiger partial charge in [0.15, 0.2) is 11.5 Å². The smallest absolute Gasteiger partial charge is 0.273 e. The van der Waals surface area contributed by atoms with Crippen LogP contribution in [0.25, 0.3) is 0 Å². The Bertz CT molecular complexity index is 715. The summed E-state index contributed by atoms with van der Waals surface area (Å²) in [6.07, 6.45) is 0.744. The van der Waals surface area contributed by atoms with Gasteiger partial charge in [0, 0.05) is 12.1 Å². The number of carbonyl (C=O) groups excluding carboxylic acids is 1. The van der Waals surface area contributed by atoms with Crippen molar-refractivity contribution in [1.82, 2.24) is 20.3 Å². The van der Waals surface area contributed by atoms with Crippen molar-refractivity contribution in [2.75, 3.05) is 0 Å². The average molecular weight is 280 g/mol. The average Bonchev–Trinajstić information content (AvgIpc) is 2.35. The zero-order valence-corrected chi connectivity index (χ0v) is 10.4. The molecule has 0 saturated carbocycles.